The Bertz CT molecular complexity index is 715. The summed E-state index contributed by atoms with van der Waals surface area (Å²) < 4.78 is 44.3. The number of aromatic nitrogens is 3. The Morgan fingerprint density at radius 2 is 1.90 bits per heavy atom. The maximum Gasteiger partial charge on any atom is 0.416 e. The first kappa shape index (κ1) is 13.4. The predicted octanol–water partition coefficient (Wildman–Crippen LogP) is 3.61. The number of hydrogen-bond acceptors (Lipinski definition) is 3. The fourth-order valence-corrected chi connectivity index (χ4v) is 1.91. The summed E-state index contributed by atoms with van der Waals surface area (Å²) >= 11 is 0. The van der Waals surface area contributed by atoms with Gasteiger partial charge in [0.25, 0.3) is 0 Å². The lowest BCUT2D eigenvalue weighted by molar-refractivity contribution is -0.137. The molecule has 0 aliphatic carbocycles. The average molecular weight is 293 g/mol. The zero-order valence-corrected chi connectivity index (χ0v) is 10.7. The highest BCUT2D eigenvalue weighted by Crippen LogP contribution is 2.30. The van der Waals surface area contributed by atoms with Gasteiger partial charge >= 0.3 is 6.18 Å². The van der Waals surface area contributed by atoms with Crippen LogP contribution in [0.5, 0.6) is 0 Å². The molecule has 3 rings (SSSR count). The molecule has 0 atom stereocenters. The Hall–Kier alpha value is -2.57. The summed E-state index contributed by atoms with van der Waals surface area (Å²) in [6, 6.07) is 8.27. The van der Waals surface area contributed by atoms with Crippen molar-refractivity contribution in [3.63, 3.8) is 0 Å². The molecule has 2 aromatic heterocycles. The number of nitrogens with zero attached hydrogens (tertiary/aromatic N) is 3. The second-order valence-corrected chi connectivity index (χ2v) is 4.46. The second kappa shape index (κ2) is 5.08. The standard InChI is InChI=1S/C14H10F3N3O/c15-14(16,17)11-4-2-10(3-5-11)13-8-12(21-19-13)9-20-7-1-6-18-20/h1-8H,9H2. The summed E-state index contributed by atoms with van der Waals surface area (Å²) in [6.45, 7) is 0.417. The van der Waals surface area contributed by atoms with Crippen molar-refractivity contribution in [1.29, 1.82) is 0 Å². The van der Waals surface area contributed by atoms with Crippen LogP contribution in [0.25, 0.3) is 11.3 Å². The molecule has 2 heterocycles. The molecule has 3 aromatic rings. The molecule has 0 fully saturated rings. The first-order valence-corrected chi connectivity index (χ1v) is 6.13. The van der Waals surface area contributed by atoms with Gasteiger partial charge < -0.3 is 4.52 Å². The van der Waals surface area contributed by atoms with E-state index in [1.54, 1.807) is 29.2 Å². The third-order valence-corrected chi connectivity index (χ3v) is 2.94. The molecule has 0 aliphatic rings. The normalized spacial score (nSPS) is 11.8. The first-order chi connectivity index (χ1) is 10.0. The van der Waals surface area contributed by atoms with Gasteiger partial charge in [0, 0.05) is 24.0 Å². The number of halogens is 3. The molecule has 0 amide bonds. The molecule has 0 N–H and O–H groups in total. The molecular weight excluding hydrogens is 283 g/mol. The van der Waals surface area contributed by atoms with Crippen molar-refractivity contribution in [1.82, 2.24) is 14.9 Å². The van der Waals surface area contributed by atoms with Crippen molar-refractivity contribution >= 4 is 0 Å². The summed E-state index contributed by atoms with van der Waals surface area (Å²) in [5.74, 6) is 0.577. The van der Waals surface area contributed by atoms with E-state index in [4.69, 9.17) is 4.52 Å². The Labute approximate surface area is 117 Å². The molecular formula is C14H10F3N3O. The van der Waals surface area contributed by atoms with Gasteiger partial charge in [-0.05, 0) is 18.2 Å². The minimum atomic E-state index is -4.34. The van der Waals surface area contributed by atoms with Crippen molar-refractivity contribution in [3.8, 4) is 11.3 Å². The lowest BCUT2D eigenvalue weighted by atomic mass is 10.1. The Balaban J connectivity index is 1.80. The van der Waals surface area contributed by atoms with Crippen LogP contribution in [-0.4, -0.2) is 14.9 Å². The average Bonchev–Trinajstić information content (AvgIpc) is 3.10. The van der Waals surface area contributed by atoms with Gasteiger partial charge in [-0.25, -0.2) is 0 Å². The Morgan fingerprint density at radius 1 is 1.14 bits per heavy atom. The van der Waals surface area contributed by atoms with Gasteiger partial charge in [0.05, 0.1) is 5.56 Å². The smallest absolute Gasteiger partial charge is 0.359 e. The van der Waals surface area contributed by atoms with Gasteiger partial charge in [-0.1, -0.05) is 17.3 Å². The van der Waals surface area contributed by atoms with E-state index in [9.17, 15) is 13.2 Å². The van der Waals surface area contributed by atoms with E-state index >= 15 is 0 Å². The number of hydrogen-bond donors (Lipinski definition) is 0. The lowest BCUT2D eigenvalue weighted by Crippen LogP contribution is -2.03. The topological polar surface area (TPSA) is 43.9 Å². The van der Waals surface area contributed by atoms with Crippen LogP contribution >= 0.6 is 0 Å². The molecule has 7 heteroatoms. The monoisotopic (exact) mass is 293 g/mol. The summed E-state index contributed by atoms with van der Waals surface area (Å²) in [7, 11) is 0. The molecule has 0 spiro atoms. The van der Waals surface area contributed by atoms with E-state index in [0.29, 0.717) is 23.6 Å². The minimum absolute atomic E-state index is 0.417. The van der Waals surface area contributed by atoms with E-state index < -0.39 is 11.7 Å². The maximum atomic E-state index is 12.5. The summed E-state index contributed by atoms with van der Waals surface area (Å²) in [4.78, 5) is 0. The quantitative estimate of drug-likeness (QED) is 0.741. The molecule has 0 aliphatic heterocycles. The van der Waals surface area contributed by atoms with E-state index in [1.807, 2.05) is 0 Å². The van der Waals surface area contributed by atoms with Crippen molar-refractivity contribution in [2.75, 3.05) is 0 Å². The van der Waals surface area contributed by atoms with Gasteiger partial charge in [0.15, 0.2) is 5.76 Å². The van der Waals surface area contributed by atoms with Crippen LogP contribution in [0.2, 0.25) is 0 Å². The van der Waals surface area contributed by atoms with Gasteiger partial charge in [0.1, 0.15) is 12.2 Å². The summed E-state index contributed by atoms with van der Waals surface area (Å²) in [5, 5.41) is 7.90. The highest BCUT2D eigenvalue weighted by molar-refractivity contribution is 5.59. The minimum Gasteiger partial charge on any atom is -0.359 e. The first-order valence-electron chi connectivity index (χ1n) is 6.13. The largest absolute Gasteiger partial charge is 0.416 e. The summed E-state index contributed by atoms with van der Waals surface area (Å²) in [6.07, 6.45) is -0.916. The Morgan fingerprint density at radius 3 is 2.52 bits per heavy atom. The molecule has 0 radical (unpaired) electrons. The number of alkyl halides is 3. The second-order valence-electron chi connectivity index (χ2n) is 4.46. The van der Waals surface area contributed by atoms with E-state index in [1.165, 1.54) is 12.1 Å². The van der Waals surface area contributed by atoms with Crippen LogP contribution in [0.1, 0.15) is 11.3 Å². The van der Waals surface area contributed by atoms with Gasteiger partial charge in [-0.2, -0.15) is 18.3 Å². The highest BCUT2D eigenvalue weighted by Gasteiger charge is 2.30. The SMILES string of the molecule is FC(F)(F)c1ccc(-c2cc(Cn3cccn3)on2)cc1. The van der Waals surface area contributed by atoms with E-state index in [-0.39, 0.29) is 0 Å². The zero-order chi connectivity index (χ0) is 14.9. The van der Waals surface area contributed by atoms with Crippen LogP contribution in [0, 0.1) is 0 Å². The van der Waals surface area contributed by atoms with Crippen molar-refractivity contribution in [2.24, 2.45) is 0 Å². The predicted molar refractivity (Wildman–Crippen MR) is 68.3 cm³/mol. The fraction of sp³-hybridized carbons (Fsp3) is 0.143. The molecule has 0 bridgehead atoms. The number of benzene rings is 1. The molecule has 21 heavy (non-hydrogen) atoms. The molecule has 1 aromatic carbocycles. The van der Waals surface area contributed by atoms with Crippen LogP contribution in [0.15, 0.2) is 53.3 Å². The van der Waals surface area contributed by atoms with Crippen molar-refractivity contribution in [2.45, 2.75) is 12.7 Å². The molecule has 4 nitrogen and oxygen atoms in total. The number of rotatable bonds is 3. The van der Waals surface area contributed by atoms with Crippen LogP contribution < -0.4 is 0 Å². The highest BCUT2D eigenvalue weighted by atomic mass is 19.4. The van der Waals surface area contributed by atoms with Crippen LogP contribution in [-0.2, 0) is 12.7 Å². The van der Waals surface area contributed by atoms with Crippen LogP contribution in [0.4, 0.5) is 13.2 Å². The molecule has 108 valence electrons. The maximum absolute atomic E-state index is 12.5. The van der Waals surface area contributed by atoms with Gasteiger partial charge in [-0.15, -0.1) is 0 Å². The third kappa shape index (κ3) is 2.96. The zero-order valence-electron chi connectivity index (χ0n) is 10.7. The van der Waals surface area contributed by atoms with E-state index in [2.05, 4.69) is 10.3 Å². The van der Waals surface area contributed by atoms with Crippen LogP contribution in [0.3, 0.4) is 0 Å². The van der Waals surface area contributed by atoms with Gasteiger partial charge in [0.2, 0.25) is 0 Å². The van der Waals surface area contributed by atoms with Crippen molar-refractivity contribution < 1.29 is 17.7 Å². The molecule has 0 unspecified atom stereocenters. The molecule has 0 saturated heterocycles. The third-order valence-electron chi connectivity index (χ3n) is 2.94. The molecule has 0 saturated carbocycles. The van der Waals surface area contributed by atoms with E-state index in [0.717, 1.165) is 12.1 Å². The lowest BCUT2D eigenvalue weighted by Gasteiger charge is -2.06. The van der Waals surface area contributed by atoms with Gasteiger partial charge in [-0.3, -0.25) is 4.68 Å². The fourth-order valence-electron chi connectivity index (χ4n) is 1.91. The Kier molecular flexibility index (Phi) is 3.25. The summed E-state index contributed by atoms with van der Waals surface area (Å²) in [5.41, 5.74) is 0.371. The van der Waals surface area contributed by atoms with Crippen molar-refractivity contribution in [3.05, 3.63) is 60.1 Å².